The Morgan fingerprint density at radius 2 is 1.13 bits per heavy atom. The minimum atomic E-state index is -0.720. The third-order valence-corrected chi connectivity index (χ3v) is 5.27. The van der Waals surface area contributed by atoms with Gasteiger partial charge in [-0.05, 0) is 38.0 Å². The molecular formula is C27H48N2O2. The maximum atomic E-state index is 11.4. The molecule has 0 heterocycles. The van der Waals surface area contributed by atoms with E-state index >= 15 is 0 Å². The van der Waals surface area contributed by atoms with Gasteiger partial charge in [0, 0.05) is 19.3 Å². The maximum absolute atomic E-state index is 11.4. The zero-order valence-corrected chi connectivity index (χ0v) is 20.4. The van der Waals surface area contributed by atoms with E-state index in [1.165, 1.54) is 77.0 Å². The molecule has 0 aliphatic carbocycles. The fraction of sp³-hybridized carbons (Fsp3) is 0.815. The van der Waals surface area contributed by atoms with Gasteiger partial charge in [0.1, 0.15) is 6.23 Å². The van der Waals surface area contributed by atoms with Gasteiger partial charge in [0.05, 0.1) is 0 Å². The van der Waals surface area contributed by atoms with Crippen LogP contribution in [0, 0.1) is 23.7 Å². The predicted molar refractivity (Wildman–Crippen MR) is 132 cm³/mol. The normalized spacial score (nSPS) is 11.2. The number of amides is 1. The summed E-state index contributed by atoms with van der Waals surface area (Å²) in [6.07, 6.45) is 22.0. The molecule has 0 aliphatic heterocycles. The molecule has 0 fully saturated rings. The van der Waals surface area contributed by atoms with E-state index in [9.17, 15) is 4.79 Å². The molecule has 0 aromatic rings. The van der Waals surface area contributed by atoms with Crippen molar-refractivity contribution >= 4 is 5.91 Å². The molecule has 0 rings (SSSR count). The lowest BCUT2D eigenvalue weighted by Crippen LogP contribution is -2.42. The van der Waals surface area contributed by atoms with Crippen molar-refractivity contribution < 1.29 is 9.90 Å². The minimum Gasteiger partial charge on any atom is -0.377 e. The fourth-order valence-corrected chi connectivity index (χ4v) is 3.37. The molecule has 0 aromatic carbocycles. The van der Waals surface area contributed by atoms with Gasteiger partial charge in [0.2, 0.25) is 5.91 Å². The van der Waals surface area contributed by atoms with Gasteiger partial charge in [0.25, 0.3) is 0 Å². The highest BCUT2D eigenvalue weighted by molar-refractivity contribution is 5.75. The Kier molecular flexibility index (Phi) is 23.6. The molecule has 0 aromatic heterocycles. The molecule has 4 heteroatoms. The van der Waals surface area contributed by atoms with Crippen molar-refractivity contribution in [3.05, 3.63) is 0 Å². The second kappa shape index (κ2) is 24.8. The highest BCUT2D eigenvalue weighted by Gasteiger charge is 2.01. The average molecular weight is 433 g/mol. The standard InChI is InChI=1S/C27H48N2O2/c1-3-4-5-6-7-8-9-10-11-12-13-14-15-16-17-18-19-20-21-22-23-24-25-27(31)29-28-26(2)30/h26,28,30H,3-13,18-25H2,1-2H3,(H,29,31). The summed E-state index contributed by atoms with van der Waals surface area (Å²) in [5, 5.41) is 9.01. The molecule has 0 spiro atoms. The van der Waals surface area contributed by atoms with Crippen LogP contribution in [-0.2, 0) is 4.79 Å². The van der Waals surface area contributed by atoms with E-state index in [-0.39, 0.29) is 5.91 Å². The van der Waals surface area contributed by atoms with Gasteiger partial charge in [0.15, 0.2) is 0 Å². The molecule has 4 nitrogen and oxygen atoms in total. The van der Waals surface area contributed by atoms with E-state index in [2.05, 4.69) is 41.5 Å². The van der Waals surface area contributed by atoms with E-state index in [1.807, 2.05) is 0 Å². The van der Waals surface area contributed by atoms with E-state index in [1.54, 1.807) is 6.92 Å². The van der Waals surface area contributed by atoms with E-state index < -0.39 is 6.23 Å². The highest BCUT2D eigenvalue weighted by Crippen LogP contribution is 2.11. The summed E-state index contributed by atoms with van der Waals surface area (Å²) in [6, 6.07) is 0. The zero-order valence-electron chi connectivity index (χ0n) is 20.4. The van der Waals surface area contributed by atoms with Crippen LogP contribution in [0.5, 0.6) is 0 Å². The van der Waals surface area contributed by atoms with Crippen molar-refractivity contribution in [2.45, 2.75) is 142 Å². The topological polar surface area (TPSA) is 61.4 Å². The van der Waals surface area contributed by atoms with Crippen LogP contribution < -0.4 is 10.9 Å². The molecule has 0 aliphatic rings. The van der Waals surface area contributed by atoms with Gasteiger partial charge in [-0.15, -0.1) is 0 Å². The largest absolute Gasteiger partial charge is 0.377 e. The number of carbonyl (C=O) groups excluding carboxylic acids is 1. The summed E-state index contributed by atoms with van der Waals surface area (Å²) < 4.78 is 0. The Morgan fingerprint density at radius 1 is 0.710 bits per heavy atom. The molecular weight excluding hydrogens is 384 g/mol. The number of nitrogens with one attached hydrogen (secondary N) is 2. The van der Waals surface area contributed by atoms with Crippen LogP contribution in [0.25, 0.3) is 0 Å². The predicted octanol–water partition coefficient (Wildman–Crippen LogP) is 6.38. The Labute approximate surface area is 192 Å². The summed E-state index contributed by atoms with van der Waals surface area (Å²) in [5.41, 5.74) is 4.97. The number of hydrazine groups is 1. The van der Waals surface area contributed by atoms with Crippen LogP contribution in [0.4, 0.5) is 0 Å². The third-order valence-electron chi connectivity index (χ3n) is 5.27. The van der Waals surface area contributed by atoms with Crippen molar-refractivity contribution in [3.63, 3.8) is 0 Å². The molecule has 1 amide bonds. The minimum absolute atomic E-state index is 0.0644. The monoisotopic (exact) mass is 432 g/mol. The molecule has 1 atom stereocenters. The second-order valence-electron chi connectivity index (χ2n) is 8.53. The number of carbonyl (C=O) groups is 1. The van der Waals surface area contributed by atoms with E-state index in [0.717, 1.165) is 38.5 Å². The van der Waals surface area contributed by atoms with Crippen molar-refractivity contribution in [2.75, 3.05) is 0 Å². The van der Waals surface area contributed by atoms with Crippen LogP contribution in [0.1, 0.15) is 136 Å². The van der Waals surface area contributed by atoms with E-state index in [0.29, 0.717) is 6.42 Å². The van der Waals surface area contributed by atoms with Gasteiger partial charge in [-0.3, -0.25) is 10.2 Å². The molecule has 0 saturated heterocycles. The maximum Gasteiger partial charge on any atom is 0.234 e. The summed E-state index contributed by atoms with van der Waals surface area (Å²) in [5.74, 6) is 12.3. The number of hydrogen-bond acceptors (Lipinski definition) is 3. The second-order valence-corrected chi connectivity index (χ2v) is 8.53. The molecule has 0 saturated carbocycles. The lowest BCUT2D eigenvalue weighted by molar-refractivity contribution is -0.123. The molecule has 0 radical (unpaired) electrons. The Hall–Kier alpha value is -1.49. The number of unbranched alkanes of at least 4 members (excludes halogenated alkanes) is 16. The molecule has 3 N–H and O–H groups in total. The van der Waals surface area contributed by atoms with Crippen molar-refractivity contribution in [2.24, 2.45) is 0 Å². The van der Waals surface area contributed by atoms with Gasteiger partial charge < -0.3 is 5.11 Å². The van der Waals surface area contributed by atoms with Crippen molar-refractivity contribution in [1.82, 2.24) is 10.9 Å². The number of aliphatic hydroxyl groups is 1. The quantitative estimate of drug-likeness (QED) is 0.0904. The Balaban J connectivity index is 3.31. The molecule has 31 heavy (non-hydrogen) atoms. The lowest BCUT2D eigenvalue weighted by Gasteiger charge is -2.08. The lowest BCUT2D eigenvalue weighted by atomic mass is 10.1. The first-order valence-corrected chi connectivity index (χ1v) is 12.8. The van der Waals surface area contributed by atoms with Crippen molar-refractivity contribution in [1.29, 1.82) is 0 Å². The van der Waals surface area contributed by atoms with Crippen molar-refractivity contribution in [3.8, 4) is 23.7 Å². The van der Waals surface area contributed by atoms with E-state index in [4.69, 9.17) is 5.11 Å². The number of rotatable bonds is 20. The first-order chi connectivity index (χ1) is 15.2. The summed E-state index contributed by atoms with van der Waals surface area (Å²) in [4.78, 5) is 11.4. The summed E-state index contributed by atoms with van der Waals surface area (Å²) in [7, 11) is 0. The van der Waals surface area contributed by atoms with Gasteiger partial charge in [-0.1, -0.05) is 102 Å². The van der Waals surface area contributed by atoms with Crippen LogP contribution in [0.15, 0.2) is 0 Å². The van der Waals surface area contributed by atoms with Crippen LogP contribution >= 0.6 is 0 Å². The SMILES string of the molecule is CCCCCCCCCCCCC#CC#CCCCCCCCCC(=O)NNC(C)O. The number of aliphatic hydroxyl groups excluding tert-OH is 1. The first kappa shape index (κ1) is 29.5. The average Bonchev–Trinajstić information content (AvgIpc) is 2.75. The van der Waals surface area contributed by atoms with Gasteiger partial charge >= 0.3 is 0 Å². The number of hydrogen-bond donors (Lipinski definition) is 3. The van der Waals surface area contributed by atoms with Crippen LogP contribution in [0.2, 0.25) is 0 Å². The van der Waals surface area contributed by atoms with Gasteiger partial charge in [-0.25, -0.2) is 5.43 Å². The van der Waals surface area contributed by atoms with Crippen LogP contribution in [0.3, 0.4) is 0 Å². The molecule has 0 bridgehead atoms. The Morgan fingerprint density at radius 3 is 1.58 bits per heavy atom. The zero-order chi connectivity index (χ0) is 22.8. The summed E-state index contributed by atoms with van der Waals surface area (Å²) in [6.45, 7) is 3.84. The summed E-state index contributed by atoms with van der Waals surface area (Å²) >= 11 is 0. The van der Waals surface area contributed by atoms with Gasteiger partial charge in [-0.2, -0.15) is 0 Å². The fourth-order valence-electron chi connectivity index (χ4n) is 3.37. The highest BCUT2D eigenvalue weighted by atomic mass is 16.3. The molecule has 1 unspecified atom stereocenters. The third kappa shape index (κ3) is 26.5. The van der Waals surface area contributed by atoms with Crippen LogP contribution in [-0.4, -0.2) is 17.2 Å². The molecule has 178 valence electrons. The Bertz CT molecular complexity index is 523. The first-order valence-electron chi connectivity index (χ1n) is 12.8. The smallest absolute Gasteiger partial charge is 0.234 e.